The second-order valence-electron chi connectivity index (χ2n) is 27.9. The lowest BCUT2D eigenvalue weighted by molar-refractivity contribution is 0.0686. The summed E-state index contributed by atoms with van der Waals surface area (Å²) < 4.78 is 0. The molecule has 0 saturated heterocycles. The van der Waals surface area contributed by atoms with E-state index in [4.69, 9.17) is 0 Å². The Labute approximate surface area is 669 Å². The molecule has 0 aliphatic carbocycles. The highest BCUT2D eigenvalue weighted by Crippen LogP contribution is 2.52. The van der Waals surface area contributed by atoms with Gasteiger partial charge in [-0.3, -0.25) is 0 Å². The van der Waals surface area contributed by atoms with E-state index in [9.17, 15) is 39.6 Å². The molecule has 18 aromatic carbocycles. The minimum absolute atomic E-state index is 0.207. The maximum Gasteiger partial charge on any atom is 0.335 e. The van der Waals surface area contributed by atoms with Crippen LogP contribution in [0.3, 0.4) is 0 Å². The lowest BCUT2D eigenvalue weighted by Crippen LogP contribution is -2.12. The number of nitrogens with zero attached hydrogens (tertiary/aromatic N) is 4. The quantitative estimate of drug-likeness (QED) is 0.0535. The summed E-state index contributed by atoms with van der Waals surface area (Å²) in [6.45, 7) is 0. The summed E-state index contributed by atoms with van der Waals surface area (Å²) in [7, 11) is 0. The van der Waals surface area contributed by atoms with Crippen molar-refractivity contribution in [3.8, 4) is 44.5 Å². The molecule has 0 atom stereocenters. The van der Waals surface area contributed by atoms with Gasteiger partial charge in [0.05, 0.1) is 27.9 Å². The lowest BCUT2D eigenvalue weighted by Gasteiger charge is -2.30. The van der Waals surface area contributed by atoms with Gasteiger partial charge < -0.3 is 40.0 Å². The first kappa shape index (κ1) is 72.9. The smallest absolute Gasteiger partial charge is 0.335 e. The number of carboxylic acids is 4. The van der Waals surface area contributed by atoms with Gasteiger partial charge in [-0.15, -0.1) is 0 Å². The van der Waals surface area contributed by atoms with E-state index in [0.29, 0.717) is 0 Å². The largest absolute Gasteiger partial charge is 0.478 e. The van der Waals surface area contributed by atoms with Crippen LogP contribution in [-0.4, -0.2) is 44.3 Å². The molecular weight excluding hydrogens is 1430 g/mol. The number of aromatic carboxylic acids is 4. The van der Waals surface area contributed by atoms with Crippen LogP contribution in [0.4, 0.5) is 68.2 Å². The topological polar surface area (TPSA) is 162 Å². The fourth-order valence-electron chi connectivity index (χ4n) is 15.8. The predicted molar refractivity (Wildman–Crippen MR) is 471 cm³/mol. The second-order valence-corrected chi connectivity index (χ2v) is 27.9. The van der Waals surface area contributed by atoms with Gasteiger partial charge in [-0.1, -0.05) is 224 Å². The molecule has 0 radical (unpaired) electrons. The maximum absolute atomic E-state index is 12.0. The van der Waals surface area contributed by atoms with Gasteiger partial charge in [0.2, 0.25) is 0 Å². The summed E-state index contributed by atoms with van der Waals surface area (Å²) in [5, 5.41) is 46.8. The number of carboxylic acid groups (broad SMARTS) is 4. The number of benzene rings is 18. The number of anilines is 12. The first-order valence-corrected chi connectivity index (χ1v) is 37.9. The van der Waals surface area contributed by atoms with Crippen LogP contribution in [0.2, 0.25) is 0 Å². The van der Waals surface area contributed by atoms with Crippen molar-refractivity contribution in [2.24, 2.45) is 0 Å². The molecule has 12 heteroatoms. The number of hydrogen-bond donors (Lipinski definition) is 4. The SMILES string of the molecule is O=C(O)c1ccc(-c2c3ccccc3c(-c3ccc(C(=O)O)cc3)c3c(N(c4ccccc4)c4ccc(N(c5ccccc5)c5ccccc5)cc4)cccc23)cc1.O=C(O)c1ccc(-c2c3ccccc3c(-c3ccc(C(=O)O)cc3)c3cc(N(c4ccccc4)c4ccc(N(c5ccccc5)c5ccccc5)cc4)ccc23)cc1. The molecule has 556 valence electrons. The van der Waals surface area contributed by atoms with E-state index in [-0.39, 0.29) is 22.3 Å². The van der Waals surface area contributed by atoms with Crippen molar-refractivity contribution in [1.82, 2.24) is 0 Å². The van der Waals surface area contributed by atoms with Gasteiger partial charge in [-0.05, 0) is 270 Å². The summed E-state index contributed by atoms with van der Waals surface area (Å²) in [5.74, 6) is -3.93. The normalized spacial score (nSPS) is 11.0. The van der Waals surface area contributed by atoms with E-state index < -0.39 is 23.9 Å². The molecule has 0 aromatic heterocycles. The van der Waals surface area contributed by atoms with Crippen molar-refractivity contribution in [3.63, 3.8) is 0 Å². The van der Waals surface area contributed by atoms with Crippen molar-refractivity contribution < 1.29 is 39.6 Å². The van der Waals surface area contributed by atoms with Crippen LogP contribution < -0.4 is 19.6 Å². The molecule has 0 unspecified atom stereocenters. The van der Waals surface area contributed by atoms with E-state index in [1.54, 1.807) is 48.5 Å². The average molecular weight is 1510 g/mol. The second kappa shape index (κ2) is 32.2. The highest BCUT2D eigenvalue weighted by atomic mass is 16.4. The van der Waals surface area contributed by atoms with Crippen molar-refractivity contribution >= 4 is 135 Å². The Morgan fingerprint density at radius 1 is 0.172 bits per heavy atom. The van der Waals surface area contributed by atoms with Gasteiger partial charge in [0.15, 0.2) is 0 Å². The zero-order valence-electron chi connectivity index (χ0n) is 62.5. The fourth-order valence-corrected chi connectivity index (χ4v) is 15.8. The Hall–Kier alpha value is -15.9. The highest BCUT2D eigenvalue weighted by molar-refractivity contribution is 6.26. The van der Waals surface area contributed by atoms with Crippen LogP contribution in [0.25, 0.3) is 87.6 Å². The number of carbonyl (C=O) groups is 4. The molecule has 12 nitrogen and oxygen atoms in total. The van der Waals surface area contributed by atoms with Gasteiger partial charge in [0.1, 0.15) is 0 Å². The minimum Gasteiger partial charge on any atom is -0.478 e. The summed E-state index contributed by atoms with van der Waals surface area (Å²) in [6.07, 6.45) is 0. The third-order valence-electron chi connectivity index (χ3n) is 21.0. The molecule has 18 rings (SSSR count). The molecule has 4 N–H and O–H groups in total. The van der Waals surface area contributed by atoms with Crippen LogP contribution in [0, 0.1) is 0 Å². The van der Waals surface area contributed by atoms with Gasteiger partial charge in [0.25, 0.3) is 0 Å². The van der Waals surface area contributed by atoms with Crippen LogP contribution in [0.15, 0.2) is 413 Å². The Kier molecular flexibility index (Phi) is 20.2. The van der Waals surface area contributed by atoms with Crippen LogP contribution in [-0.2, 0) is 0 Å². The van der Waals surface area contributed by atoms with Crippen LogP contribution in [0.5, 0.6) is 0 Å². The zero-order valence-corrected chi connectivity index (χ0v) is 62.5. The zero-order chi connectivity index (χ0) is 79.2. The van der Waals surface area contributed by atoms with Crippen LogP contribution >= 0.6 is 0 Å². The number of fused-ring (bicyclic) bond motifs is 4. The Balaban J connectivity index is 0.000000167. The van der Waals surface area contributed by atoms with E-state index >= 15 is 0 Å². The molecule has 18 aromatic rings. The number of rotatable bonds is 20. The van der Waals surface area contributed by atoms with Gasteiger partial charge >= 0.3 is 23.9 Å². The molecule has 116 heavy (non-hydrogen) atoms. The molecule has 0 aliphatic heterocycles. The maximum atomic E-state index is 12.0. The molecule has 0 aliphatic rings. The Bertz CT molecular complexity index is 6490. The molecule has 0 amide bonds. The molecular formula is C104H72N4O8. The van der Waals surface area contributed by atoms with E-state index in [1.165, 1.54) is 0 Å². The van der Waals surface area contributed by atoms with Gasteiger partial charge in [-0.25, -0.2) is 19.2 Å². The minimum atomic E-state index is -0.987. The summed E-state index contributed by atoms with van der Waals surface area (Å²) >= 11 is 0. The van der Waals surface area contributed by atoms with Crippen molar-refractivity contribution in [3.05, 3.63) is 435 Å². The van der Waals surface area contributed by atoms with Gasteiger partial charge in [-0.2, -0.15) is 0 Å². The van der Waals surface area contributed by atoms with Crippen molar-refractivity contribution in [1.29, 1.82) is 0 Å². The number of para-hydroxylation sites is 6. The Morgan fingerprint density at radius 2 is 0.388 bits per heavy atom. The average Bonchev–Trinajstić information content (AvgIpc) is 0.725. The summed E-state index contributed by atoms with van der Waals surface area (Å²) in [5.41, 5.74) is 20.2. The van der Waals surface area contributed by atoms with Gasteiger partial charge in [0, 0.05) is 67.9 Å². The standard InChI is InChI=1S/2C52H36N2O4/c55-51(56)37-27-23-35(24-28-37)48-44-19-10-11-20-45(44)49(36-25-29-38(30-26-36)52(57)58)50-46(48)21-12-22-47(50)54(41-17-8-3-9-18-41)43-33-31-42(32-34-43)53(39-13-4-1-5-14-39)40-15-6-2-7-16-40;55-51(56)37-24-20-35(21-25-37)49-45-18-10-11-19-46(45)50(36-22-26-38(27-23-36)52(57)58)48-34-44(32-33-47(48)49)54(41-16-8-3-9-17-41)43-30-28-42(29-31-43)53(39-12-4-1-5-13-39)40-14-6-2-7-15-40/h2*1-34H,(H,55,56)(H,57,58). The monoisotopic (exact) mass is 1500 g/mol. The third-order valence-corrected chi connectivity index (χ3v) is 21.0. The van der Waals surface area contributed by atoms with E-state index in [2.05, 4.69) is 202 Å². The number of hydrogen-bond acceptors (Lipinski definition) is 8. The van der Waals surface area contributed by atoms with Crippen molar-refractivity contribution in [2.45, 2.75) is 0 Å². The molecule has 0 saturated carbocycles. The molecule has 0 fully saturated rings. The van der Waals surface area contributed by atoms with Crippen molar-refractivity contribution in [2.75, 3.05) is 19.6 Å². The first-order chi connectivity index (χ1) is 56.9. The lowest BCUT2D eigenvalue weighted by atomic mass is 9.84. The van der Waals surface area contributed by atoms with E-state index in [1.807, 2.05) is 182 Å². The fraction of sp³-hybridized carbons (Fsp3) is 0. The molecule has 0 spiro atoms. The molecule has 0 bridgehead atoms. The summed E-state index contributed by atoms with van der Waals surface area (Å²) in [6, 6.07) is 136. The van der Waals surface area contributed by atoms with E-state index in [0.717, 1.165) is 156 Å². The first-order valence-electron chi connectivity index (χ1n) is 37.9. The summed E-state index contributed by atoms with van der Waals surface area (Å²) in [4.78, 5) is 56.6. The predicted octanol–water partition coefficient (Wildman–Crippen LogP) is 27.3. The Morgan fingerprint density at radius 3 is 0.698 bits per heavy atom. The molecule has 0 heterocycles. The third kappa shape index (κ3) is 14.4. The highest BCUT2D eigenvalue weighted by Gasteiger charge is 2.27. The van der Waals surface area contributed by atoms with Crippen LogP contribution in [0.1, 0.15) is 41.4 Å².